The topological polar surface area (TPSA) is 38.1 Å². The smallest absolute Gasteiger partial charge is 0.181 e. The highest BCUT2D eigenvalue weighted by molar-refractivity contribution is 6.33. The monoisotopic (exact) mass is 250 g/mol. The average molecular weight is 251 g/mol. The summed E-state index contributed by atoms with van der Waals surface area (Å²) >= 11 is 6.14. The van der Waals surface area contributed by atoms with E-state index in [9.17, 15) is 0 Å². The Hall–Kier alpha value is -1.32. The molecule has 1 heterocycles. The van der Waals surface area contributed by atoms with E-state index in [1.54, 1.807) is 0 Å². The summed E-state index contributed by atoms with van der Waals surface area (Å²) in [7, 11) is 0. The maximum absolute atomic E-state index is 6.14. The number of benzene rings is 1. The zero-order chi connectivity index (χ0) is 12.1. The molecule has 0 amide bonds. The summed E-state index contributed by atoms with van der Waals surface area (Å²) in [4.78, 5) is 4.22. The van der Waals surface area contributed by atoms with Gasteiger partial charge in [0.15, 0.2) is 12.2 Å². The molecule has 1 N–H and O–H groups in total. The van der Waals surface area contributed by atoms with Crippen molar-refractivity contribution >= 4 is 11.6 Å². The third-order valence-electron chi connectivity index (χ3n) is 2.48. The first kappa shape index (κ1) is 12.1. The highest BCUT2D eigenvalue weighted by Gasteiger charge is 2.12. The minimum Gasteiger partial charge on any atom is -0.443 e. The third kappa shape index (κ3) is 2.87. The number of halogens is 1. The molecule has 2 rings (SSSR count). The fraction of sp³-hybridized carbons (Fsp3) is 0.308. The van der Waals surface area contributed by atoms with Crippen molar-refractivity contribution in [3.8, 4) is 11.3 Å². The standard InChI is InChI=1S/C13H15ClN2O/c1-2-7-15-8-12-13(17-9-16-12)10-5-3-4-6-11(10)14/h3-6,9,15H,2,7-8H2,1H3. The van der Waals surface area contributed by atoms with Gasteiger partial charge in [-0.05, 0) is 25.1 Å². The van der Waals surface area contributed by atoms with Crippen molar-refractivity contribution in [3.63, 3.8) is 0 Å². The van der Waals surface area contributed by atoms with Crippen LogP contribution in [0.4, 0.5) is 0 Å². The van der Waals surface area contributed by atoms with Crippen LogP contribution < -0.4 is 5.32 Å². The number of aromatic nitrogens is 1. The lowest BCUT2D eigenvalue weighted by molar-refractivity contribution is 0.569. The number of nitrogens with one attached hydrogen (secondary N) is 1. The first-order valence-corrected chi connectivity index (χ1v) is 6.08. The first-order chi connectivity index (χ1) is 8.33. The summed E-state index contributed by atoms with van der Waals surface area (Å²) in [5.74, 6) is 0.749. The quantitative estimate of drug-likeness (QED) is 0.826. The fourth-order valence-electron chi connectivity index (χ4n) is 1.64. The lowest BCUT2D eigenvalue weighted by Crippen LogP contribution is -2.14. The molecule has 0 aliphatic rings. The van der Waals surface area contributed by atoms with Gasteiger partial charge in [-0.25, -0.2) is 4.98 Å². The van der Waals surface area contributed by atoms with E-state index >= 15 is 0 Å². The molecule has 2 aromatic rings. The molecule has 4 heteroatoms. The van der Waals surface area contributed by atoms with Crippen LogP contribution in [0, 0.1) is 0 Å². The zero-order valence-electron chi connectivity index (χ0n) is 9.74. The van der Waals surface area contributed by atoms with Gasteiger partial charge < -0.3 is 9.73 Å². The first-order valence-electron chi connectivity index (χ1n) is 5.71. The van der Waals surface area contributed by atoms with Crippen LogP contribution in [0.1, 0.15) is 19.0 Å². The molecule has 3 nitrogen and oxygen atoms in total. The lowest BCUT2D eigenvalue weighted by Gasteiger charge is -2.04. The largest absolute Gasteiger partial charge is 0.443 e. The number of oxazole rings is 1. The Bertz CT molecular complexity index is 482. The number of rotatable bonds is 5. The molecule has 0 aliphatic carbocycles. The van der Waals surface area contributed by atoms with E-state index in [1.807, 2.05) is 24.3 Å². The van der Waals surface area contributed by atoms with Crippen molar-refractivity contribution in [2.24, 2.45) is 0 Å². The Kier molecular flexibility index (Phi) is 4.18. The molecular formula is C13H15ClN2O. The van der Waals surface area contributed by atoms with E-state index in [4.69, 9.17) is 16.0 Å². The van der Waals surface area contributed by atoms with E-state index in [0.29, 0.717) is 11.6 Å². The molecule has 0 unspecified atom stereocenters. The Morgan fingerprint density at radius 3 is 2.94 bits per heavy atom. The van der Waals surface area contributed by atoms with Crippen molar-refractivity contribution in [2.45, 2.75) is 19.9 Å². The molecule has 1 aromatic carbocycles. The fourth-order valence-corrected chi connectivity index (χ4v) is 1.86. The van der Waals surface area contributed by atoms with Gasteiger partial charge in [0.2, 0.25) is 0 Å². The van der Waals surface area contributed by atoms with Gasteiger partial charge in [-0.2, -0.15) is 0 Å². The van der Waals surface area contributed by atoms with Crippen molar-refractivity contribution in [1.29, 1.82) is 0 Å². The van der Waals surface area contributed by atoms with E-state index in [1.165, 1.54) is 6.39 Å². The van der Waals surface area contributed by atoms with Crippen LogP contribution in [0.15, 0.2) is 35.1 Å². The number of hydrogen-bond donors (Lipinski definition) is 1. The van der Waals surface area contributed by atoms with Gasteiger partial charge in [0.1, 0.15) is 5.69 Å². The van der Waals surface area contributed by atoms with Gasteiger partial charge >= 0.3 is 0 Å². The Morgan fingerprint density at radius 1 is 1.35 bits per heavy atom. The van der Waals surface area contributed by atoms with E-state index < -0.39 is 0 Å². The molecule has 1 aromatic heterocycles. The molecule has 0 saturated carbocycles. The van der Waals surface area contributed by atoms with Crippen LogP contribution >= 0.6 is 11.6 Å². The molecule has 0 saturated heterocycles. The Labute approximate surface area is 106 Å². The van der Waals surface area contributed by atoms with Gasteiger partial charge in [-0.3, -0.25) is 0 Å². The Balaban J connectivity index is 2.22. The SMILES string of the molecule is CCCNCc1ncoc1-c1ccccc1Cl. The van der Waals surface area contributed by atoms with Crippen LogP contribution in [0.25, 0.3) is 11.3 Å². The summed E-state index contributed by atoms with van der Waals surface area (Å²) in [6.45, 7) is 3.80. The lowest BCUT2D eigenvalue weighted by atomic mass is 10.1. The van der Waals surface area contributed by atoms with E-state index in [0.717, 1.165) is 30.0 Å². The normalized spacial score (nSPS) is 10.7. The highest BCUT2D eigenvalue weighted by Crippen LogP contribution is 2.29. The summed E-state index contributed by atoms with van der Waals surface area (Å²) < 4.78 is 5.43. The summed E-state index contributed by atoms with van der Waals surface area (Å²) in [6, 6.07) is 7.62. The van der Waals surface area contributed by atoms with Gasteiger partial charge in [-0.1, -0.05) is 30.7 Å². The minimum absolute atomic E-state index is 0.681. The predicted molar refractivity (Wildman–Crippen MR) is 68.9 cm³/mol. The zero-order valence-corrected chi connectivity index (χ0v) is 10.5. The van der Waals surface area contributed by atoms with Crippen molar-refractivity contribution in [3.05, 3.63) is 41.4 Å². The second-order valence-corrected chi connectivity index (χ2v) is 4.19. The Morgan fingerprint density at radius 2 is 2.18 bits per heavy atom. The molecule has 0 fully saturated rings. The maximum Gasteiger partial charge on any atom is 0.181 e. The molecule has 17 heavy (non-hydrogen) atoms. The van der Waals surface area contributed by atoms with Crippen LogP contribution in [-0.4, -0.2) is 11.5 Å². The summed E-state index contributed by atoms with van der Waals surface area (Å²) in [5, 5.41) is 3.98. The van der Waals surface area contributed by atoms with Gasteiger partial charge in [0.25, 0.3) is 0 Å². The van der Waals surface area contributed by atoms with Crippen LogP contribution in [0.5, 0.6) is 0 Å². The van der Waals surface area contributed by atoms with Crippen LogP contribution in [0.3, 0.4) is 0 Å². The highest BCUT2D eigenvalue weighted by atomic mass is 35.5. The molecule has 0 bridgehead atoms. The molecule has 0 aliphatic heterocycles. The summed E-state index contributed by atoms with van der Waals surface area (Å²) in [5.41, 5.74) is 1.78. The minimum atomic E-state index is 0.681. The van der Waals surface area contributed by atoms with Crippen LogP contribution in [0.2, 0.25) is 5.02 Å². The number of nitrogens with zero attached hydrogens (tertiary/aromatic N) is 1. The van der Waals surface area contributed by atoms with E-state index in [2.05, 4.69) is 17.2 Å². The molecule has 0 spiro atoms. The second-order valence-electron chi connectivity index (χ2n) is 3.78. The molecular weight excluding hydrogens is 236 g/mol. The van der Waals surface area contributed by atoms with E-state index in [-0.39, 0.29) is 0 Å². The van der Waals surface area contributed by atoms with Gasteiger partial charge in [-0.15, -0.1) is 0 Å². The third-order valence-corrected chi connectivity index (χ3v) is 2.81. The maximum atomic E-state index is 6.14. The predicted octanol–water partition coefficient (Wildman–Crippen LogP) is 3.49. The van der Waals surface area contributed by atoms with Gasteiger partial charge in [0, 0.05) is 12.1 Å². The van der Waals surface area contributed by atoms with Gasteiger partial charge in [0.05, 0.1) is 5.02 Å². The average Bonchev–Trinajstić information content (AvgIpc) is 2.78. The number of hydrogen-bond acceptors (Lipinski definition) is 3. The van der Waals surface area contributed by atoms with Crippen LogP contribution in [-0.2, 0) is 6.54 Å². The molecule has 0 atom stereocenters. The van der Waals surface area contributed by atoms with Crippen molar-refractivity contribution in [1.82, 2.24) is 10.3 Å². The molecule has 0 radical (unpaired) electrons. The van der Waals surface area contributed by atoms with Crippen molar-refractivity contribution < 1.29 is 4.42 Å². The summed E-state index contributed by atoms with van der Waals surface area (Å²) in [6.07, 6.45) is 2.56. The second kappa shape index (κ2) is 5.84. The molecule has 90 valence electrons. The van der Waals surface area contributed by atoms with Crippen molar-refractivity contribution in [2.75, 3.05) is 6.54 Å².